The first-order chi connectivity index (χ1) is 15.5. The zero-order valence-electron chi connectivity index (χ0n) is 20.2. The van der Waals surface area contributed by atoms with Gasteiger partial charge in [-0.1, -0.05) is 44.5 Å². The molecule has 0 saturated heterocycles. The first-order valence-electron chi connectivity index (χ1n) is 11.8. The van der Waals surface area contributed by atoms with Crippen molar-refractivity contribution in [2.24, 2.45) is 0 Å². The zero-order valence-corrected chi connectivity index (χ0v) is 20.2. The molecule has 7 nitrogen and oxygen atoms in total. The molecular formula is C25H42N4O3. The molecule has 0 aliphatic heterocycles. The minimum atomic E-state index is 0.0179. The Hall–Kier alpha value is -2.54. The van der Waals surface area contributed by atoms with Gasteiger partial charge in [0.15, 0.2) is 0 Å². The first kappa shape index (κ1) is 27.5. The molecule has 180 valence electrons. The van der Waals surface area contributed by atoms with E-state index >= 15 is 0 Å². The zero-order chi connectivity index (χ0) is 23.6. The largest absolute Gasteiger partial charge is 0.492 e. The van der Waals surface area contributed by atoms with Gasteiger partial charge < -0.3 is 26.0 Å². The summed E-state index contributed by atoms with van der Waals surface area (Å²) in [6, 6.07) is 8.36. The molecule has 0 aliphatic rings. The number of ether oxygens (including phenoxy) is 1. The van der Waals surface area contributed by atoms with E-state index in [4.69, 9.17) is 4.74 Å². The van der Waals surface area contributed by atoms with E-state index in [0.29, 0.717) is 19.7 Å². The fourth-order valence-corrected chi connectivity index (χ4v) is 3.33. The molecule has 0 bridgehead atoms. The standard InChI is InChI=1S/C25H42N4O3/c1-5-10-20(3)29-25(31)17-28-23(11-6-2)16-27-21(4)18-32-24-14-8-7-12-22(24)13-9-15-26-19-30/h7-8,11-12,14,19-21,27-28H,5-6,9-10,13,15-18H2,1-4H3,(H,26,30)(H,29,31)/t20?,21-/m0/s1. The second-order valence-electron chi connectivity index (χ2n) is 8.12. The van der Waals surface area contributed by atoms with E-state index in [1.807, 2.05) is 25.1 Å². The molecule has 1 rings (SSSR count). The van der Waals surface area contributed by atoms with Crippen LogP contribution >= 0.6 is 0 Å². The molecule has 2 amide bonds. The van der Waals surface area contributed by atoms with Gasteiger partial charge in [0.05, 0.1) is 6.54 Å². The van der Waals surface area contributed by atoms with Crippen LogP contribution in [0.1, 0.15) is 58.9 Å². The fraction of sp³-hybridized carbons (Fsp3) is 0.600. The van der Waals surface area contributed by atoms with Crippen molar-refractivity contribution in [3.63, 3.8) is 0 Å². The lowest BCUT2D eigenvalue weighted by molar-refractivity contribution is -0.120. The Morgan fingerprint density at radius 2 is 1.91 bits per heavy atom. The molecule has 2 atom stereocenters. The molecule has 0 spiro atoms. The Labute approximate surface area is 193 Å². The van der Waals surface area contributed by atoms with Crippen molar-refractivity contribution in [2.45, 2.75) is 71.9 Å². The van der Waals surface area contributed by atoms with Gasteiger partial charge >= 0.3 is 0 Å². The van der Waals surface area contributed by atoms with Crippen LogP contribution in [0.5, 0.6) is 5.75 Å². The lowest BCUT2D eigenvalue weighted by atomic mass is 10.1. The monoisotopic (exact) mass is 446 g/mol. The summed E-state index contributed by atoms with van der Waals surface area (Å²) in [4.78, 5) is 22.5. The fourth-order valence-electron chi connectivity index (χ4n) is 3.33. The number of carbonyl (C=O) groups is 2. The Bertz CT molecular complexity index is 694. The Morgan fingerprint density at radius 3 is 2.62 bits per heavy atom. The maximum atomic E-state index is 12.1. The summed E-state index contributed by atoms with van der Waals surface area (Å²) in [5, 5.41) is 12.4. The van der Waals surface area contributed by atoms with Crippen molar-refractivity contribution in [3.8, 4) is 5.75 Å². The molecule has 0 fully saturated rings. The average Bonchev–Trinajstić information content (AvgIpc) is 2.78. The first-order valence-corrected chi connectivity index (χ1v) is 11.8. The summed E-state index contributed by atoms with van der Waals surface area (Å²) in [5.74, 6) is 0.900. The van der Waals surface area contributed by atoms with E-state index in [9.17, 15) is 9.59 Å². The van der Waals surface area contributed by atoms with E-state index in [1.165, 1.54) is 0 Å². The molecule has 1 aromatic rings. The SMILES string of the molecule is CCC=C(CN[C@@H](C)COc1ccccc1CCCNC=O)NCC(=O)NC(C)CCC. The lowest BCUT2D eigenvalue weighted by Gasteiger charge is -2.19. The van der Waals surface area contributed by atoms with Crippen molar-refractivity contribution in [1.29, 1.82) is 0 Å². The molecule has 32 heavy (non-hydrogen) atoms. The predicted octanol–water partition coefficient (Wildman–Crippen LogP) is 2.91. The highest BCUT2D eigenvalue weighted by molar-refractivity contribution is 5.78. The van der Waals surface area contributed by atoms with Gasteiger partial charge in [-0.25, -0.2) is 0 Å². The van der Waals surface area contributed by atoms with Crippen LogP contribution in [0.3, 0.4) is 0 Å². The summed E-state index contributed by atoms with van der Waals surface area (Å²) in [6.45, 7) is 10.4. The molecular weight excluding hydrogens is 404 g/mol. The number of para-hydroxylation sites is 1. The highest BCUT2D eigenvalue weighted by Crippen LogP contribution is 2.19. The maximum absolute atomic E-state index is 12.1. The van der Waals surface area contributed by atoms with Crippen molar-refractivity contribution in [3.05, 3.63) is 41.6 Å². The Morgan fingerprint density at radius 1 is 1.12 bits per heavy atom. The van der Waals surface area contributed by atoms with Crippen LogP contribution in [0.2, 0.25) is 0 Å². The Balaban J connectivity index is 2.43. The van der Waals surface area contributed by atoms with Gasteiger partial charge in [0.1, 0.15) is 12.4 Å². The van der Waals surface area contributed by atoms with Gasteiger partial charge in [-0.3, -0.25) is 9.59 Å². The minimum Gasteiger partial charge on any atom is -0.492 e. The molecule has 1 unspecified atom stereocenters. The van der Waals surface area contributed by atoms with Crippen LogP contribution in [0, 0.1) is 0 Å². The van der Waals surface area contributed by atoms with Gasteiger partial charge in [0.2, 0.25) is 12.3 Å². The molecule has 0 radical (unpaired) electrons. The molecule has 0 saturated carbocycles. The van der Waals surface area contributed by atoms with E-state index < -0.39 is 0 Å². The molecule has 7 heteroatoms. The van der Waals surface area contributed by atoms with Crippen molar-refractivity contribution < 1.29 is 14.3 Å². The smallest absolute Gasteiger partial charge is 0.239 e. The van der Waals surface area contributed by atoms with Crippen LogP contribution in [0.25, 0.3) is 0 Å². The third kappa shape index (κ3) is 12.3. The van der Waals surface area contributed by atoms with Crippen LogP contribution < -0.4 is 26.0 Å². The number of hydrogen-bond donors (Lipinski definition) is 4. The summed E-state index contributed by atoms with van der Waals surface area (Å²) < 4.78 is 6.06. The van der Waals surface area contributed by atoms with Gasteiger partial charge in [0.25, 0.3) is 0 Å². The topological polar surface area (TPSA) is 91.5 Å². The highest BCUT2D eigenvalue weighted by atomic mass is 16.5. The molecule has 0 heterocycles. The van der Waals surface area contributed by atoms with E-state index in [-0.39, 0.29) is 24.5 Å². The number of aryl methyl sites for hydroxylation is 1. The number of nitrogens with one attached hydrogen (secondary N) is 4. The van der Waals surface area contributed by atoms with Crippen molar-refractivity contribution in [2.75, 3.05) is 26.2 Å². The summed E-state index contributed by atoms with van der Waals surface area (Å²) in [6.07, 6.45) is 7.49. The van der Waals surface area contributed by atoms with Crippen LogP contribution in [-0.2, 0) is 16.0 Å². The van der Waals surface area contributed by atoms with Crippen molar-refractivity contribution in [1.82, 2.24) is 21.3 Å². The molecule has 0 aliphatic carbocycles. The average molecular weight is 447 g/mol. The molecule has 4 N–H and O–H groups in total. The second-order valence-corrected chi connectivity index (χ2v) is 8.12. The molecule has 0 aromatic heterocycles. The van der Waals surface area contributed by atoms with Gasteiger partial charge in [-0.2, -0.15) is 0 Å². The van der Waals surface area contributed by atoms with Crippen LogP contribution in [-0.4, -0.2) is 50.6 Å². The van der Waals surface area contributed by atoms with Gasteiger partial charge in [-0.15, -0.1) is 0 Å². The van der Waals surface area contributed by atoms with Crippen molar-refractivity contribution >= 4 is 12.3 Å². The number of rotatable bonds is 18. The molecule has 1 aromatic carbocycles. The maximum Gasteiger partial charge on any atom is 0.239 e. The number of carbonyl (C=O) groups excluding carboxylic acids is 2. The third-order valence-corrected chi connectivity index (χ3v) is 5.01. The minimum absolute atomic E-state index is 0.0179. The third-order valence-electron chi connectivity index (χ3n) is 5.01. The Kier molecular flexibility index (Phi) is 14.7. The summed E-state index contributed by atoms with van der Waals surface area (Å²) >= 11 is 0. The lowest BCUT2D eigenvalue weighted by Crippen LogP contribution is -2.41. The van der Waals surface area contributed by atoms with E-state index in [2.05, 4.69) is 54.2 Å². The van der Waals surface area contributed by atoms with Gasteiger partial charge in [-0.05, 0) is 51.2 Å². The van der Waals surface area contributed by atoms with E-state index in [0.717, 1.165) is 55.5 Å². The quantitative estimate of drug-likeness (QED) is 0.206. The summed E-state index contributed by atoms with van der Waals surface area (Å²) in [5.41, 5.74) is 2.16. The van der Waals surface area contributed by atoms with E-state index in [1.54, 1.807) is 0 Å². The predicted molar refractivity (Wildman–Crippen MR) is 131 cm³/mol. The number of amides is 2. The van der Waals surface area contributed by atoms with Crippen LogP contribution in [0.4, 0.5) is 0 Å². The second kappa shape index (κ2) is 17.1. The highest BCUT2D eigenvalue weighted by Gasteiger charge is 2.09. The number of hydrogen-bond acceptors (Lipinski definition) is 5. The van der Waals surface area contributed by atoms with Crippen LogP contribution in [0.15, 0.2) is 36.0 Å². The summed E-state index contributed by atoms with van der Waals surface area (Å²) in [7, 11) is 0. The number of allylic oxidation sites excluding steroid dienone is 1. The normalized spacial score (nSPS) is 13.2. The number of benzene rings is 1. The van der Waals surface area contributed by atoms with Gasteiger partial charge in [0, 0.05) is 30.9 Å².